The zero-order valence-corrected chi connectivity index (χ0v) is 10.0. The molecule has 1 aromatic carbocycles. The van der Waals surface area contributed by atoms with Crippen molar-refractivity contribution in [3.63, 3.8) is 0 Å². The van der Waals surface area contributed by atoms with Crippen molar-refractivity contribution in [2.75, 3.05) is 0 Å². The Hall–Kier alpha value is -2.09. The van der Waals surface area contributed by atoms with Crippen LogP contribution in [-0.2, 0) is 7.05 Å². The van der Waals surface area contributed by atoms with Crippen LogP contribution in [0.25, 0.3) is 22.2 Å². The van der Waals surface area contributed by atoms with E-state index in [1.165, 1.54) is 22.0 Å². The van der Waals surface area contributed by atoms with Crippen LogP contribution in [0.3, 0.4) is 0 Å². The van der Waals surface area contributed by atoms with E-state index in [-0.39, 0.29) is 0 Å². The fourth-order valence-corrected chi connectivity index (χ4v) is 2.23. The molecule has 0 aliphatic heterocycles. The number of pyridine rings is 1. The number of hydrogen-bond donors (Lipinski definition) is 0. The van der Waals surface area contributed by atoms with Gasteiger partial charge in [0.15, 0.2) is 0 Å². The third-order valence-corrected chi connectivity index (χ3v) is 3.09. The van der Waals surface area contributed by atoms with Crippen molar-refractivity contribution < 1.29 is 0 Å². The second-order valence-corrected chi connectivity index (χ2v) is 4.39. The molecule has 0 saturated carbocycles. The summed E-state index contributed by atoms with van der Waals surface area (Å²) < 4.78 is 2.15. The molecule has 0 fully saturated rings. The predicted octanol–water partition coefficient (Wildman–Crippen LogP) is 3.55. The smallest absolute Gasteiger partial charge is 0.0726 e. The number of aromatic nitrogens is 2. The van der Waals surface area contributed by atoms with Crippen LogP contribution in [0.2, 0.25) is 0 Å². The third kappa shape index (κ3) is 1.62. The zero-order chi connectivity index (χ0) is 11.8. The molecule has 2 aromatic heterocycles. The summed E-state index contributed by atoms with van der Waals surface area (Å²) in [4.78, 5) is 4.46. The summed E-state index contributed by atoms with van der Waals surface area (Å²) in [5, 5.41) is 1.26. The number of aryl methyl sites for hydroxylation is 2. The van der Waals surface area contributed by atoms with Crippen LogP contribution in [0.5, 0.6) is 0 Å². The second kappa shape index (κ2) is 3.74. The summed E-state index contributed by atoms with van der Waals surface area (Å²) in [6.45, 7) is 2.09. The van der Waals surface area contributed by atoms with Gasteiger partial charge in [0.05, 0.1) is 5.69 Å². The number of rotatable bonds is 1. The Labute approximate surface area is 101 Å². The molecule has 0 saturated heterocycles. The molecule has 0 unspecified atom stereocenters. The molecular formula is C15H14N2. The first-order chi connectivity index (χ1) is 8.25. The first-order valence-electron chi connectivity index (χ1n) is 5.73. The fraction of sp³-hybridized carbons (Fsp3) is 0.133. The van der Waals surface area contributed by atoms with Crippen molar-refractivity contribution in [1.29, 1.82) is 0 Å². The highest BCUT2D eigenvalue weighted by atomic mass is 14.9. The first-order valence-corrected chi connectivity index (χ1v) is 5.73. The maximum atomic E-state index is 4.46. The van der Waals surface area contributed by atoms with Crippen molar-refractivity contribution in [1.82, 2.24) is 9.55 Å². The van der Waals surface area contributed by atoms with Crippen LogP contribution in [0, 0.1) is 6.92 Å². The van der Waals surface area contributed by atoms with Crippen LogP contribution < -0.4 is 0 Å². The lowest BCUT2D eigenvalue weighted by Crippen LogP contribution is -1.83. The minimum atomic E-state index is 1.04. The maximum Gasteiger partial charge on any atom is 0.0726 e. The molecule has 0 amide bonds. The molecule has 0 N–H and O–H groups in total. The van der Waals surface area contributed by atoms with Gasteiger partial charge in [-0.05, 0) is 30.7 Å². The number of para-hydroxylation sites is 1. The van der Waals surface area contributed by atoms with E-state index in [2.05, 4.69) is 60.1 Å². The molecule has 3 aromatic rings. The largest absolute Gasteiger partial charge is 0.350 e. The summed E-state index contributed by atoms with van der Waals surface area (Å²) in [5.41, 5.74) is 4.72. The number of hydrogen-bond acceptors (Lipinski definition) is 1. The summed E-state index contributed by atoms with van der Waals surface area (Å²) >= 11 is 0. The van der Waals surface area contributed by atoms with Crippen molar-refractivity contribution in [3.05, 3.63) is 54.4 Å². The molecule has 0 bridgehead atoms. The Balaban J connectivity index is 2.31. The Morgan fingerprint density at radius 3 is 2.76 bits per heavy atom. The van der Waals surface area contributed by atoms with Crippen molar-refractivity contribution in [2.24, 2.45) is 7.05 Å². The van der Waals surface area contributed by atoms with E-state index >= 15 is 0 Å². The monoisotopic (exact) mass is 222 g/mol. The molecule has 84 valence electrons. The highest BCUT2D eigenvalue weighted by molar-refractivity contribution is 5.95. The van der Waals surface area contributed by atoms with E-state index in [4.69, 9.17) is 0 Å². The van der Waals surface area contributed by atoms with Crippen LogP contribution in [-0.4, -0.2) is 9.55 Å². The summed E-state index contributed by atoms with van der Waals surface area (Å²) in [7, 11) is 2.07. The molecule has 3 rings (SSSR count). The van der Waals surface area contributed by atoms with E-state index in [1.54, 1.807) is 0 Å². The van der Waals surface area contributed by atoms with E-state index in [1.807, 2.05) is 12.3 Å². The van der Waals surface area contributed by atoms with Gasteiger partial charge in [-0.15, -0.1) is 0 Å². The SMILES string of the molecule is Cc1ccnc(-c2cn(C)c3ccccc23)c1. The Bertz CT molecular complexity index is 680. The van der Waals surface area contributed by atoms with Gasteiger partial charge in [0, 0.05) is 35.9 Å². The minimum Gasteiger partial charge on any atom is -0.350 e. The molecule has 2 nitrogen and oxygen atoms in total. The summed E-state index contributed by atoms with van der Waals surface area (Å²) in [6, 6.07) is 12.6. The molecule has 17 heavy (non-hydrogen) atoms. The molecule has 2 heterocycles. The highest BCUT2D eigenvalue weighted by Gasteiger charge is 2.08. The standard InChI is InChI=1S/C15H14N2/c1-11-7-8-16-14(9-11)13-10-17(2)15-6-4-3-5-12(13)15/h3-10H,1-2H3. The average Bonchev–Trinajstić information content (AvgIpc) is 2.68. The van der Waals surface area contributed by atoms with Gasteiger partial charge in [-0.3, -0.25) is 4.98 Å². The van der Waals surface area contributed by atoms with Gasteiger partial charge in [0.25, 0.3) is 0 Å². The maximum absolute atomic E-state index is 4.46. The first kappa shape index (κ1) is 10.1. The van der Waals surface area contributed by atoms with Gasteiger partial charge < -0.3 is 4.57 Å². The molecular weight excluding hydrogens is 208 g/mol. The molecule has 0 spiro atoms. The second-order valence-electron chi connectivity index (χ2n) is 4.39. The van der Waals surface area contributed by atoms with Gasteiger partial charge >= 0.3 is 0 Å². The third-order valence-electron chi connectivity index (χ3n) is 3.09. The Kier molecular flexibility index (Phi) is 2.22. The average molecular weight is 222 g/mol. The minimum absolute atomic E-state index is 1.04. The van der Waals surface area contributed by atoms with Gasteiger partial charge in [-0.25, -0.2) is 0 Å². The van der Waals surface area contributed by atoms with Gasteiger partial charge in [-0.2, -0.15) is 0 Å². The lowest BCUT2D eigenvalue weighted by atomic mass is 10.1. The van der Waals surface area contributed by atoms with E-state index in [0.717, 1.165) is 5.69 Å². The van der Waals surface area contributed by atoms with E-state index in [0.29, 0.717) is 0 Å². The fourth-order valence-electron chi connectivity index (χ4n) is 2.23. The molecule has 0 atom stereocenters. The van der Waals surface area contributed by atoms with Crippen LogP contribution in [0.15, 0.2) is 48.8 Å². The lowest BCUT2D eigenvalue weighted by molar-refractivity contribution is 0.969. The van der Waals surface area contributed by atoms with Crippen LogP contribution in [0.1, 0.15) is 5.56 Å². The molecule has 2 heteroatoms. The summed E-state index contributed by atoms with van der Waals surface area (Å²) in [5.74, 6) is 0. The normalized spacial score (nSPS) is 10.9. The Morgan fingerprint density at radius 1 is 1.12 bits per heavy atom. The van der Waals surface area contributed by atoms with Crippen molar-refractivity contribution >= 4 is 10.9 Å². The highest BCUT2D eigenvalue weighted by Crippen LogP contribution is 2.28. The van der Waals surface area contributed by atoms with Crippen molar-refractivity contribution in [3.8, 4) is 11.3 Å². The number of fused-ring (bicyclic) bond motifs is 1. The van der Waals surface area contributed by atoms with E-state index < -0.39 is 0 Å². The molecule has 0 aliphatic carbocycles. The van der Waals surface area contributed by atoms with Crippen LogP contribution in [0.4, 0.5) is 0 Å². The quantitative estimate of drug-likeness (QED) is 0.615. The number of nitrogens with zero attached hydrogens (tertiary/aromatic N) is 2. The number of benzene rings is 1. The van der Waals surface area contributed by atoms with Gasteiger partial charge in [-0.1, -0.05) is 18.2 Å². The van der Waals surface area contributed by atoms with Gasteiger partial charge in [0.2, 0.25) is 0 Å². The van der Waals surface area contributed by atoms with Gasteiger partial charge in [0.1, 0.15) is 0 Å². The van der Waals surface area contributed by atoms with E-state index in [9.17, 15) is 0 Å². The lowest BCUT2D eigenvalue weighted by Gasteiger charge is -1.99. The Morgan fingerprint density at radius 2 is 1.94 bits per heavy atom. The molecule has 0 radical (unpaired) electrons. The topological polar surface area (TPSA) is 17.8 Å². The summed E-state index contributed by atoms with van der Waals surface area (Å²) in [6.07, 6.45) is 4.01. The van der Waals surface area contributed by atoms with Crippen LogP contribution >= 0.6 is 0 Å². The zero-order valence-electron chi connectivity index (χ0n) is 10.0. The van der Waals surface area contributed by atoms with Crippen molar-refractivity contribution in [2.45, 2.75) is 6.92 Å². The predicted molar refractivity (Wildman–Crippen MR) is 70.9 cm³/mol. The molecule has 0 aliphatic rings.